The van der Waals surface area contributed by atoms with Gasteiger partial charge in [-0.25, -0.2) is 4.79 Å². The number of hydrogen-bond donors (Lipinski definition) is 2. The molecule has 1 aromatic carbocycles. The molecule has 2 fully saturated rings. The molecule has 1 atom stereocenters. The summed E-state index contributed by atoms with van der Waals surface area (Å²) in [5, 5.41) is 5.81. The molecular formula is C21H29N3O4. The number of carbonyl (C=O) groups is 3. The number of nitrogens with zero attached hydrogens (tertiary/aromatic N) is 1. The molecule has 3 amide bonds. The van der Waals surface area contributed by atoms with E-state index in [1.54, 1.807) is 11.8 Å². The molecule has 1 heterocycles. The summed E-state index contributed by atoms with van der Waals surface area (Å²) in [4.78, 5) is 38.6. The number of nitrogens with one attached hydrogen (secondary N) is 2. The van der Waals surface area contributed by atoms with Crippen molar-refractivity contribution in [2.75, 3.05) is 18.4 Å². The molecule has 1 saturated heterocycles. The zero-order valence-corrected chi connectivity index (χ0v) is 16.4. The van der Waals surface area contributed by atoms with Crippen LogP contribution in [0.5, 0.6) is 0 Å². The molecule has 0 unspecified atom stereocenters. The summed E-state index contributed by atoms with van der Waals surface area (Å²) in [5.74, 6) is -0.848. The lowest BCUT2D eigenvalue weighted by Gasteiger charge is -2.31. The minimum Gasteiger partial charge on any atom is -0.452 e. The van der Waals surface area contributed by atoms with Crippen molar-refractivity contribution in [2.45, 2.75) is 57.6 Å². The Balaban J connectivity index is 1.40. The van der Waals surface area contributed by atoms with Gasteiger partial charge in [-0.15, -0.1) is 0 Å². The number of anilines is 1. The van der Waals surface area contributed by atoms with E-state index in [9.17, 15) is 14.4 Å². The third kappa shape index (κ3) is 5.47. The van der Waals surface area contributed by atoms with Crippen molar-refractivity contribution >= 4 is 23.6 Å². The Bertz CT molecular complexity index is 680. The van der Waals surface area contributed by atoms with Gasteiger partial charge in [0.15, 0.2) is 6.10 Å². The monoisotopic (exact) mass is 387 g/mol. The van der Waals surface area contributed by atoms with E-state index in [4.69, 9.17) is 4.74 Å². The van der Waals surface area contributed by atoms with Crippen molar-refractivity contribution in [3.63, 3.8) is 0 Å². The van der Waals surface area contributed by atoms with E-state index >= 15 is 0 Å². The first-order chi connectivity index (χ1) is 13.5. The van der Waals surface area contributed by atoms with E-state index in [-0.39, 0.29) is 29.9 Å². The zero-order chi connectivity index (χ0) is 19.9. The average Bonchev–Trinajstić information content (AvgIpc) is 3.21. The van der Waals surface area contributed by atoms with Crippen molar-refractivity contribution in [3.8, 4) is 0 Å². The van der Waals surface area contributed by atoms with E-state index in [1.165, 1.54) is 0 Å². The van der Waals surface area contributed by atoms with Crippen molar-refractivity contribution in [1.82, 2.24) is 10.2 Å². The molecule has 0 spiro atoms. The molecule has 2 N–H and O–H groups in total. The highest BCUT2D eigenvalue weighted by atomic mass is 16.5. The molecule has 1 aliphatic carbocycles. The Morgan fingerprint density at radius 1 is 1.04 bits per heavy atom. The van der Waals surface area contributed by atoms with Gasteiger partial charge in [-0.3, -0.25) is 9.59 Å². The molecule has 0 radical (unpaired) electrons. The second kappa shape index (κ2) is 9.57. The largest absolute Gasteiger partial charge is 0.452 e. The number of carbonyl (C=O) groups excluding carboxylic acids is 3. The van der Waals surface area contributed by atoms with Gasteiger partial charge in [0, 0.05) is 24.8 Å². The maximum Gasteiger partial charge on any atom is 0.321 e. The molecule has 0 aromatic heterocycles. The standard InChI is InChI=1S/C21H29N3O4/c1-15(19(25)22-17-9-5-6-10-17)28-20(26)16-11-13-24(14-12-16)21(27)23-18-7-3-2-4-8-18/h2-4,7-8,15-17H,5-6,9-14H2,1H3,(H,22,25)(H,23,27)/t15-/m1/s1. The molecule has 2 aliphatic rings. The van der Waals surface area contributed by atoms with Crippen LogP contribution in [0.4, 0.5) is 10.5 Å². The first kappa shape index (κ1) is 20.2. The summed E-state index contributed by atoms with van der Waals surface area (Å²) in [6.07, 6.45) is 4.56. The first-order valence-electron chi connectivity index (χ1n) is 10.1. The smallest absolute Gasteiger partial charge is 0.321 e. The van der Waals surface area contributed by atoms with Gasteiger partial charge in [0.1, 0.15) is 0 Å². The van der Waals surface area contributed by atoms with Crippen LogP contribution in [0, 0.1) is 5.92 Å². The first-order valence-corrected chi connectivity index (χ1v) is 10.1. The second-order valence-corrected chi connectivity index (χ2v) is 7.63. The normalized spacial score (nSPS) is 19.1. The minimum absolute atomic E-state index is 0.165. The van der Waals surface area contributed by atoms with Gasteiger partial charge in [-0.2, -0.15) is 0 Å². The Labute approximate surface area is 165 Å². The molecule has 0 bridgehead atoms. The quantitative estimate of drug-likeness (QED) is 0.761. The van der Waals surface area contributed by atoms with E-state index in [0.717, 1.165) is 31.4 Å². The van der Waals surface area contributed by atoms with Gasteiger partial charge in [-0.05, 0) is 44.7 Å². The van der Waals surface area contributed by atoms with Crippen LogP contribution in [-0.4, -0.2) is 48.0 Å². The fraction of sp³-hybridized carbons (Fsp3) is 0.571. The van der Waals surface area contributed by atoms with Gasteiger partial charge in [0.05, 0.1) is 5.92 Å². The van der Waals surface area contributed by atoms with Crippen LogP contribution in [0.3, 0.4) is 0 Å². The number of piperidine rings is 1. The van der Waals surface area contributed by atoms with Crippen molar-refractivity contribution < 1.29 is 19.1 Å². The van der Waals surface area contributed by atoms with E-state index in [2.05, 4.69) is 10.6 Å². The molecule has 28 heavy (non-hydrogen) atoms. The Morgan fingerprint density at radius 3 is 2.32 bits per heavy atom. The maximum atomic E-state index is 12.4. The van der Waals surface area contributed by atoms with Crippen molar-refractivity contribution in [3.05, 3.63) is 30.3 Å². The summed E-state index contributed by atoms with van der Waals surface area (Å²) in [6, 6.07) is 9.33. The lowest BCUT2D eigenvalue weighted by Crippen LogP contribution is -2.44. The van der Waals surface area contributed by atoms with Crippen LogP contribution in [0.25, 0.3) is 0 Å². The average molecular weight is 387 g/mol. The lowest BCUT2D eigenvalue weighted by atomic mass is 9.97. The van der Waals surface area contributed by atoms with Gasteiger partial charge < -0.3 is 20.3 Å². The van der Waals surface area contributed by atoms with Gasteiger partial charge in [0.25, 0.3) is 5.91 Å². The highest BCUT2D eigenvalue weighted by molar-refractivity contribution is 5.89. The number of esters is 1. The van der Waals surface area contributed by atoms with Crippen LogP contribution in [-0.2, 0) is 14.3 Å². The SMILES string of the molecule is C[C@@H](OC(=O)C1CCN(C(=O)Nc2ccccc2)CC1)C(=O)NC1CCCC1. The van der Waals surface area contributed by atoms with Crippen molar-refractivity contribution in [2.24, 2.45) is 5.92 Å². The van der Waals surface area contributed by atoms with Gasteiger partial charge >= 0.3 is 12.0 Å². The maximum absolute atomic E-state index is 12.4. The predicted octanol–water partition coefficient (Wildman–Crippen LogP) is 2.92. The van der Waals surface area contributed by atoms with Crippen LogP contribution in [0.2, 0.25) is 0 Å². The third-order valence-electron chi connectivity index (χ3n) is 5.50. The molecular weight excluding hydrogens is 358 g/mol. The number of ether oxygens (including phenoxy) is 1. The van der Waals surface area contributed by atoms with Gasteiger partial charge in [-0.1, -0.05) is 31.0 Å². The van der Waals surface area contributed by atoms with Gasteiger partial charge in [0.2, 0.25) is 0 Å². The lowest BCUT2D eigenvalue weighted by molar-refractivity contribution is -0.160. The molecule has 3 rings (SSSR count). The van der Waals surface area contributed by atoms with Crippen LogP contribution in [0.15, 0.2) is 30.3 Å². The van der Waals surface area contributed by atoms with Crippen LogP contribution >= 0.6 is 0 Å². The van der Waals surface area contributed by atoms with Crippen LogP contribution in [0.1, 0.15) is 45.4 Å². The molecule has 1 aliphatic heterocycles. The summed E-state index contributed by atoms with van der Waals surface area (Å²) in [5.41, 5.74) is 0.746. The Morgan fingerprint density at radius 2 is 1.68 bits per heavy atom. The summed E-state index contributed by atoms with van der Waals surface area (Å²) >= 11 is 0. The molecule has 152 valence electrons. The molecule has 7 heteroatoms. The number of hydrogen-bond acceptors (Lipinski definition) is 4. The number of amides is 3. The van der Waals surface area contributed by atoms with E-state index in [1.807, 2.05) is 30.3 Å². The van der Waals surface area contributed by atoms with Crippen molar-refractivity contribution in [1.29, 1.82) is 0 Å². The summed E-state index contributed by atoms with van der Waals surface area (Å²) in [6.45, 7) is 2.59. The molecule has 1 saturated carbocycles. The highest BCUT2D eigenvalue weighted by Gasteiger charge is 2.31. The number of likely N-dealkylation sites (tertiary alicyclic amines) is 1. The highest BCUT2D eigenvalue weighted by Crippen LogP contribution is 2.21. The Hall–Kier alpha value is -2.57. The second-order valence-electron chi connectivity index (χ2n) is 7.63. The third-order valence-corrected chi connectivity index (χ3v) is 5.50. The van der Waals surface area contributed by atoms with Crippen LogP contribution < -0.4 is 10.6 Å². The predicted molar refractivity (Wildman–Crippen MR) is 106 cm³/mol. The van der Waals surface area contributed by atoms with E-state index < -0.39 is 6.10 Å². The molecule has 1 aromatic rings. The molecule has 7 nitrogen and oxygen atoms in total. The number of rotatable bonds is 5. The number of para-hydroxylation sites is 1. The van der Waals surface area contributed by atoms with E-state index in [0.29, 0.717) is 25.9 Å². The number of urea groups is 1. The Kier molecular flexibility index (Phi) is 6.90. The summed E-state index contributed by atoms with van der Waals surface area (Å²) < 4.78 is 5.38. The fourth-order valence-corrected chi connectivity index (χ4v) is 3.75. The topological polar surface area (TPSA) is 87.7 Å². The zero-order valence-electron chi connectivity index (χ0n) is 16.4. The fourth-order valence-electron chi connectivity index (χ4n) is 3.75. The number of benzene rings is 1. The summed E-state index contributed by atoms with van der Waals surface area (Å²) in [7, 11) is 0. The minimum atomic E-state index is -0.785.